The predicted octanol–water partition coefficient (Wildman–Crippen LogP) is 0.220. The van der Waals surface area contributed by atoms with Gasteiger partial charge in [-0.1, -0.05) is 0 Å². The molecular formula is C16H26N4O3S. The minimum absolute atomic E-state index is 0.0521. The Kier molecular flexibility index (Phi) is 4.70. The van der Waals surface area contributed by atoms with Crippen LogP contribution < -0.4 is 0 Å². The molecular weight excluding hydrogens is 328 g/mol. The molecule has 1 aromatic rings. The second-order valence-corrected chi connectivity index (χ2v) is 9.19. The van der Waals surface area contributed by atoms with Crippen molar-refractivity contribution in [1.29, 1.82) is 0 Å². The van der Waals surface area contributed by atoms with Gasteiger partial charge in [0.25, 0.3) is 0 Å². The average Bonchev–Trinajstić information content (AvgIpc) is 2.98. The van der Waals surface area contributed by atoms with Crippen LogP contribution in [0.5, 0.6) is 0 Å². The Labute approximate surface area is 143 Å². The van der Waals surface area contributed by atoms with E-state index in [9.17, 15) is 13.2 Å². The van der Waals surface area contributed by atoms with Gasteiger partial charge in [-0.3, -0.25) is 14.4 Å². The minimum atomic E-state index is -3.04. The Bertz CT molecular complexity index is 728. The first-order valence-electron chi connectivity index (χ1n) is 8.48. The summed E-state index contributed by atoms with van der Waals surface area (Å²) in [6.45, 7) is 6.03. The molecule has 8 heteroatoms. The van der Waals surface area contributed by atoms with E-state index in [1.165, 1.54) is 0 Å². The van der Waals surface area contributed by atoms with Crippen molar-refractivity contribution in [3.63, 3.8) is 0 Å². The number of carbonyl (C=O) groups is 1. The Morgan fingerprint density at radius 3 is 2.62 bits per heavy atom. The number of aromatic nitrogens is 2. The van der Waals surface area contributed by atoms with Crippen LogP contribution in [0.1, 0.15) is 24.2 Å². The van der Waals surface area contributed by atoms with E-state index in [1.54, 1.807) is 4.90 Å². The zero-order valence-corrected chi connectivity index (χ0v) is 15.4. The lowest BCUT2D eigenvalue weighted by atomic mass is 10.0. The van der Waals surface area contributed by atoms with Gasteiger partial charge in [-0.25, -0.2) is 8.42 Å². The number of aryl methyl sites for hydroxylation is 3. The van der Waals surface area contributed by atoms with Gasteiger partial charge < -0.3 is 4.90 Å². The number of hydrogen-bond donors (Lipinski definition) is 0. The largest absolute Gasteiger partial charge is 0.336 e. The highest BCUT2D eigenvalue weighted by atomic mass is 32.2. The van der Waals surface area contributed by atoms with Gasteiger partial charge in [-0.15, -0.1) is 0 Å². The molecule has 24 heavy (non-hydrogen) atoms. The molecule has 0 aromatic carbocycles. The monoisotopic (exact) mass is 354 g/mol. The minimum Gasteiger partial charge on any atom is -0.336 e. The molecule has 7 nitrogen and oxygen atoms in total. The molecule has 2 aliphatic rings. The third kappa shape index (κ3) is 3.49. The van der Waals surface area contributed by atoms with E-state index >= 15 is 0 Å². The van der Waals surface area contributed by atoms with Crippen LogP contribution in [0, 0.1) is 13.8 Å². The predicted molar refractivity (Wildman–Crippen MR) is 91.5 cm³/mol. The molecule has 2 fully saturated rings. The smallest absolute Gasteiger partial charge is 0.223 e. The van der Waals surface area contributed by atoms with Crippen molar-refractivity contribution in [1.82, 2.24) is 19.6 Å². The topological polar surface area (TPSA) is 75.5 Å². The molecule has 0 N–H and O–H groups in total. The molecule has 3 heterocycles. The first-order valence-corrected chi connectivity index (χ1v) is 10.3. The van der Waals surface area contributed by atoms with Gasteiger partial charge >= 0.3 is 0 Å². The highest BCUT2D eigenvalue weighted by Crippen LogP contribution is 2.26. The Balaban J connectivity index is 1.59. The SMILES string of the molecule is Cc1cc(C)n(CCCC(=O)N2CCN(C)[C@@H]3CS(=O)(=O)C[C@@H]32)n1. The highest BCUT2D eigenvalue weighted by Gasteiger charge is 2.46. The summed E-state index contributed by atoms with van der Waals surface area (Å²) in [5.41, 5.74) is 2.08. The number of fused-ring (bicyclic) bond motifs is 1. The van der Waals surface area contributed by atoms with Crippen molar-refractivity contribution in [2.75, 3.05) is 31.6 Å². The lowest BCUT2D eigenvalue weighted by Gasteiger charge is -2.42. The summed E-state index contributed by atoms with van der Waals surface area (Å²) in [5.74, 6) is 0.339. The van der Waals surface area contributed by atoms with Crippen molar-refractivity contribution in [2.45, 2.75) is 45.3 Å². The van der Waals surface area contributed by atoms with E-state index < -0.39 is 9.84 Å². The second-order valence-electron chi connectivity index (χ2n) is 7.03. The fraction of sp³-hybridized carbons (Fsp3) is 0.750. The number of likely N-dealkylation sites (N-methyl/N-ethyl adjacent to an activating group) is 1. The van der Waals surface area contributed by atoms with E-state index in [0.29, 0.717) is 19.5 Å². The molecule has 0 unspecified atom stereocenters. The molecule has 0 aliphatic carbocycles. The summed E-state index contributed by atoms with van der Waals surface area (Å²) in [6.07, 6.45) is 1.16. The molecule has 0 radical (unpaired) electrons. The van der Waals surface area contributed by atoms with Gasteiger partial charge in [0.05, 0.1) is 23.2 Å². The van der Waals surface area contributed by atoms with Gasteiger partial charge in [-0.2, -0.15) is 5.10 Å². The number of hydrogen-bond acceptors (Lipinski definition) is 5. The Hall–Kier alpha value is -1.41. The maximum Gasteiger partial charge on any atom is 0.223 e. The first-order chi connectivity index (χ1) is 11.3. The summed E-state index contributed by atoms with van der Waals surface area (Å²) in [4.78, 5) is 16.5. The lowest BCUT2D eigenvalue weighted by molar-refractivity contribution is -0.136. The standard InChI is InChI=1S/C16H26N4O3S/c1-12-9-13(2)20(17-12)6-4-5-16(21)19-8-7-18(3)14-10-24(22,23)11-15(14)19/h9,14-15H,4-8,10-11H2,1-3H3/t14-,15+/m1/s1. The number of amides is 1. The first kappa shape index (κ1) is 17.4. The summed E-state index contributed by atoms with van der Waals surface area (Å²) < 4.78 is 25.9. The third-order valence-electron chi connectivity index (χ3n) is 5.14. The number of sulfone groups is 1. The lowest BCUT2D eigenvalue weighted by Crippen LogP contribution is -2.59. The van der Waals surface area contributed by atoms with Crippen molar-refractivity contribution in [3.05, 3.63) is 17.5 Å². The Morgan fingerprint density at radius 2 is 1.96 bits per heavy atom. The molecule has 1 aromatic heterocycles. The van der Waals surface area contributed by atoms with Crippen LogP contribution in [-0.4, -0.2) is 77.6 Å². The number of rotatable bonds is 4. The molecule has 2 atom stereocenters. The fourth-order valence-corrected chi connectivity index (χ4v) is 5.92. The second kappa shape index (κ2) is 6.48. The maximum absolute atomic E-state index is 12.6. The van der Waals surface area contributed by atoms with Crippen LogP contribution in [0.3, 0.4) is 0 Å². The third-order valence-corrected chi connectivity index (χ3v) is 6.84. The maximum atomic E-state index is 12.6. The molecule has 1 amide bonds. The van der Waals surface area contributed by atoms with Crippen LogP contribution in [0.2, 0.25) is 0 Å². The molecule has 0 saturated carbocycles. The average molecular weight is 354 g/mol. The van der Waals surface area contributed by atoms with Crippen LogP contribution in [0.25, 0.3) is 0 Å². The number of nitrogens with zero attached hydrogens (tertiary/aromatic N) is 4. The van der Waals surface area contributed by atoms with Crippen molar-refractivity contribution >= 4 is 15.7 Å². The highest BCUT2D eigenvalue weighted by molar-refractivity contribution is 7.91. The van der Waals surface area contributed by atoms with Crippen LogP contribution in [-0.2, 0) is 21.2 Å². The summed E-state index contributed by atoms with van der Waals surface area (Å²) in [7, 11) is -1.10. The van der Waals surface area contributed by atoms with Gasteiger partial charge in [0, 0.05) is 37.8 Å². The van der Waals surface area contributed by atoms with Gasteiger partial charge in [-0.05, 0) is 33.4 Å². The van der Waals surface area contributed by atoms with E-state index in [2.05, 4.69) is 10.00 Å². The van der Waals surface area contributed by atoms with E-state index in [1.807, 2.05) is 31.6 Å². The van der Waals surface area contributed by atoms with E-state index in [0.717, 1.165) is 24.4 Å². The fourth-order valence-electron chi connectivity index (χ4n) is 3.86. The summed E-state index contributed by atoms with van der Waals surface area (Å²) >= 11 is 0. The number of carbonyl (C=O) groups excluding carboxylic acids is 1. The molecule has 0 spiro atoms. The van der Waals surface area contributed by atoms with Gasteiger partial charge in [0.2, 0.25) is 5.91 Å². The van der Waals surface area contributed by atoms with Crippen LogP contribution in [0.15, 0.2) is 6.07 Å². The van der Waals surface area contributed by atoms with Crippen molar-refractivity contribution in [3.8, 4) is 0 Å². The Morgan fingerprint density at radius 1 is 1.25 bits per heavy atom. The molecule has 2 aliphatic heterocycles. The van der Waals surface area contributed by atoms with E-state index in [4.69, 9.17) is 0 Å². The van der Waals surface area contributed by atoms with Gasteiger partial charge in [0.15, 0.2) is 9.84 Å². The molecule has 3 rings (SSSR count). The quantitative estimate of drug-likeness (QED) is 0.773. The normalized spacial score (nSPS) is 26.5. The van der Waals surface area contributed by atoms with Crippen molar-refractivity contribution < 1.29 is 13.2 Å². The molecule has 0 bridgehead atoms. The van der Waals surface area contributed by atoms with E-state index in [-0.39, 0.29) is 29.5 Å². The number of piperazine rings is 1. The van der Waals surface area contributed by atoms with Crippen LogP contribution in [0.4, 0.5) is 0 Å². The summed E-state index contributed by atoms with van der Waals surface area (Å²) in [5, 5.41) is 4.41. The zero-order chi connectivity index (χ0) is 17.5. The van der Waals surface area contributed by atoms with Gasteiger partial charge in [0.1, 0.15) is 0 Å². The molecule has 2 saturated heterocycles. The van der Waals surface area contributed by atoms with Crippen LogP contribution >= 0.6 is 0 Å². The zero-order valence-electron chi connectivity index (χ0n) is 14.6. The molecule has 134 valence electrons. The van der Waals surface area contributed by atoms with Crippen molar-refractivity contribution in [2.24, 2.45) is 0 Å². The summed E-state index contributed by atoms with van der Waals surface area (Å²) in [6, 6.07) is 1.79.